The zero-order valence-electron chi connectivity index (χ0n) is 13.6. The first-order valence-corrected chi connectivity index (χ1v) is 7.77. The molecule has 2 aromatic carbocycles. The number of benzene rings is 2. The minimum atomic E-state index is -1.09. The average molecular weight is 362 g/mol. The van der Waals surface area contributed by atoms with Gasteiger partial charge in [0.05, 0.1) is 0 Å². The molecule has 0 fully saturated rings. The number of esters is 1. The van der Waals surface area contributed by atoms with Crippen molar-refractivity contribution in [2.24, 2.45) is 0 Å². The monoisotopic (exact) mass is 361 g/mol. The number of anilines is 1. The Bertz CT molecular complexity index is 817. The Labute approximate surface area is 149 Å². The second-order valence-electron chi connectivity index (χ2n) is 5.33. The van der Waals surface area contributed by atoms with Crippen LogP contribution < -0.4 is 5.32 Å². The maximum atomic E-state index is 12.1. The predicted molar refractivity (Wildman–Crippen MR) is 93.1 cm³/mol. The van der Waals surface area contributed by atoms with Gasteiger partial charge in [-0.3, -0.25) is 9.59 Å². The van der Waals surface area contributed by atoms with Crippen molar-refractivity contribution in [3.05, 3.63) is 58.6 Å². The average Bonchev–Trinajstić information content (AvgIpc) is 2.55. The molecule has 0 bridgehead atoms. The molecule has 0 unspecified atom stereocenters. The number of phenols is 1. The molecule has 0 saturated heterocycles. The van der Waals surface area contributed by atoms with Gasteiger partial charge in [-0.2, -0.15) is 0 Å². The lowest BCUT2D eigenvalue weighted by Crippen LogP contribution is -2.30. The van der Waals surface area contributed by atoms with Gasteiger partial charge in [0.25, 0.3) is 5.91 Å². The fourth-order valence-electron chi connectivity index (χ4n) is 1.99. The molecule has 7 heteroatoms. The Hall–Kier alpha value is -2.86. The van der Waals surface area contributed by atoms with E-state index in [0.717, 1.165) is 0 Å². The summed E-state index contributed by atoms with van der Waals surface area (Å²) in [6.45, 7) is 2.85. The maximum Gasteiger partial charge on any atom is 0.342 e. The molecule has 2 rings (SSSR count). The molecule has 0 aliphatic rings. The van der Waals surface area contributed by atoms with Crippen LogP contribution in [0, 0.1) is 0 Å². The van der Waals surface area contributed by atoms with E-state index in [4.69, 9.17) is 16.3 Å². The minimum Gasteiger partial charge on any atom is -0.507 e. The Morgan fingerprint density at radius 2 is 1.76 bits per heavy atom. The van der Waals surface area contributed by atoms with E-state index in [2.05, 4.69) is 5.32 Å². The third kappa shape index (κ3) is 4.81. The largest absolute Gasteiger partial charge is 0.507 e. The zero-order valence-corrected chi connectivity index (χ0v) is 14.3. The molecule has 0 heterocycles. The lowest BCUT2D eigenvalue weighted by molar-refractivity contribution is -0.123. The van der Waals surface area contributed by atoms with Crippen molar-refractivity contribution in [3.63, 3.8) is 0 Å². The Morgan fingerprint density at radius 1 is 1.12 bits per heavy atom. The molecule has 2 aromatic rings. The summed E-state index contributed by atoms with van der Waals surface area (Å²) in [7, 11) is 0. The van der Waals surface area contributed by atoms with Crippen molar-refractivity contribution in [1.82, 2.24) is 0 Å². The third-order valence-corrected chi connectivity index (χ3v) is 3.63. The van der Waals surface area contributed by atoms with E-state index in [0.29, 0.717) is 11.3 Å². The highest BCUT2D eigenvalue weighted by molar-refractivity contribution is 6.30. The van der Waals surface area contributed by atoms with E-state index >= 15 is 0 Å². The fraction of sp³-hybridized carbons (Fsp3) is 0.167. The number of Topliss-reactive ketones (excluding diaryl/α,β-unsaturated/α-hetero) is 1. The number of phenolic OH excluding ortho intramolecular Hbond substituents is 1. The number of carbonyl (C=O) groups excluding carboxylic acids is 3. The van der Waals surface area contributed by atoms with Gasteiger partial charge in [0.2, 0.25) is 0 Å². The van der Waals surface area contributed by atoms with Gasteiger partial charge < -0.3 is 15.2 Å². The molecule has 25 heavy (non-hydrogen) atoms. The molecule has 0 aromatic heterocycles. The molecule has 2 N–H and O–H groups in total. The number of hydrogen-bond donors (Lipinski definition) is 2. The first-order valence-electron chi connectivity index (χ1n) is 7.39. The number of ether oxygens (including phenoxy) is 1. The highest BCUT2D eigenvalue weighted by Gasteiger charge is 2.21. The zero-order chi connectivity index (χ0) is 18.6. The van der Waals surface area contributed by atoms with Crippen LogP contribution in [0.25, 0.3) is 0 Å². The van der Waals surface area contributed by atoms with Crippen LogP contribution in [0.1, 0.15) is 34.6 Å². The van der Waals surface area contributed by atoms with Gasteiger partial charge in [-0.15, -0.1) is 0 Å². The lowest BCUT2D eigenvalue weighted by atomic mass is 10.1. The minimum absolute atomic E-state index is 0.0806. The van der Waals surface area contributed by atoms with E-state index in [1.807, 2.05) is 0 Å². The van der Waals surface area contributed by atoms with E-state index in [9.17, 15) is 19.5 Å². The van der Waals surface area contributed by atoms with Crippen LogP contribution in [-0.2, 0) is 9.53 Å². The molecule has 1 atom stereocenters. The second-order valence-corrected chi connectivity index (χ2v) is 5.77. The van der Waals surface area contributed by atoms with E-state index in [1.165, 1.54) is 32.0 Å². The molecule has 0 spiro atoms. The molecule has 0 aliphatic heterocycles. The highest BCUT2D eigenvalue weighted by Crippen LogP contribution is 2.23. The number of ketones is 1. The van der Waals surface area contributed by atoms with E-state index in [1.54, 1.807) is 24.3 Å². The molecular weight excluding hydrogens is 346 g/mol. The third-order valence-electron chi connectivity index (χ3n) is 3.39. The number of rotatable bonds is 5. The number of hydrogen-bond acceptors (Lipinski definition) is 5. The molecule has 0 saturated carbocycles. The van der Waals surface area contributed by atoms with Crippen LogP contribution in [0.5, 0.6) is 5.75 Å². The first-order chi connectivity index (χ1) is 11.8. The van der Waals surface area contributed by atoms with Crippen LogP contribution in [0.4, 0.5) is 5.69 Å². The molecule has 130 valence electrons. The predicted octanol–water partition coefficient (Wildman–Crippen LogP) is 3.43. The van der Waals surface area contributed by atoms with Gasteiger partial charge in [-0.1, -0.05) is 11.6 Å². The normalized spacial score (nSPS) is 11.5. The lowest BCUT2D eigenvalue weighted by Gasteiger charge is -2.14. The first kappa shape index (κ1) is 18.5. The standard InChI is InChI=1S/C18H16ClNO5/c1-10(21)12-3-6-14(7-4-12)20-17(23)11(2)25-18(24)15-8-5-13(19)9-16(15)22/h3-9,11,22H,1-2H3,(H,20,23)/t11-/m0/s1. The number of aromatic hydroxyl groups is 1. The van der Waals surface area contributed by atoms with Crippen LogP contribution >= 0.6 is 11.6 Å². The fourth-order valence-corrected chi connectivity index (χ4v) is 2.15. The summed E-state index contributed by atoms with van der Waals surface area (Å²) in [5.41, 5.74) is 0.901. The molecule has 1 amide bonds. The van der Waals surface area contributed by atoms with Gasteiger partial charge in [0, 0.05) is 16.3 Å². The van der Waals surface area contributed by atoms with Gasteiger partial charge in [-0.25, -0.2) is 4.79 Å². The smallest absolute Gasteiger partial charge is 0.342 e. The van der Waals surface area contributed by atoms with Crippen molar-refractivity contribution >= 4 is 34.9 Å². The number of carbonyl (C=O) groups is 3. The summed E-state index contributed by atoms with van der Waals surface area (Å²) in [6, 6.07) is 10.3. The van der Waals surface area contributed by atoms with Crippen molar-refractivity contribution < 1.29 is 24.2 Å². The number of amides is 1. The van der Waals surface area contributed by atoms with Crippen LogP contribution in [-0.4, -0.2) is 28.9 Å². The molecule has 6 nitrogen and oxygen atoms in total. The van der Waals surface area contributed by atoms with Gasteiger partial charge in [-0.05, 0) is 56.3 Å². The summed E-state index contributed by atoms with van der Waals surface area (Å²) in [6.07, 6.45) is -1.09. The van der Waals surface area contributed by atoms with Gasteiger partial charge >= 0.3 is 5.97 Å². The molecular formula is C18H16ClNO5. The summed E-state index contributed by atoms with van der Waals surface area (Å²) < 4.78 is 5.04. The number of nitrogens with one attached hydrogen (secondary N) is 1. The van der Waals surface area contributed by atoms with Crippen molar-refractivity contribution in [2.75, 3.05) is 5.32 Å². The summed E-state index contributed by atoms with van der Waals surface area (Å²) in [5.74, 6) is -1.80. The summed E-state index contributed by atoms with van der Waals surface area (Å²) in [4.78, 5) is 35.3. The van der Waals surface area contributed by atoms with Crippen LogP contribution in [0.3, 0.4) is 0 Å². The quantitative estimate of drug-likeness (QED) is 0.628. The van der Waals surface area contributed by atoms with Crippen LogP contribution in [0.15, 0.2) is 42.5 Å². The van der Waals surface area contributed by atoms with Gasteiger partial charge in [0.15, 0.2) is 11.9 Å². The van der Waals surface area contributed by atoms with Crippen LogP contribution in [0.2, 0.25) is 5.02 Å². The van der Waals surface area contributed by atoms with Gasteiger partial charge in [0.1, 0.15) is 11.3 Å². The Balaban J connectivity index is 1.99. The molecule has 0 aliphatic carbocycles. The van der Waals surface area contributed by atoms with Crippen molar-refractivity contribution in [3.8, 4) is 5.75 Å². The summed E-state index contributed by atoms with van der Waals surface area (Å²) >= 11 is 5.70. The Kier molecular flexibility index (Phi) is 5.77. The topological polar surface area (TPSA) is 92.7 Å². The molecule has 0 radical (unpaired) electrons. The van der Waals surface area contributed by atoms with Crippen molar-refractivity contribution in [1.29, 1.82) is 0 Å². The van der Waals surface area contributed by atoms with E-state index < -0.39 is 18.0 Å². The maximum absolute atomic E-state index is 12.1. The summed E-state index contributed by atoms with van der Waals surface area (Å²) in [5, 5.41) is 12.6. The van der Waals surface area contributed by atoms with E-state index in [-0.39, 0.29) is 22.1 Å². The Morgan fingerprint density at radius 3 is 2.32 bits per heavy atom. The van der Waals surface area contributed by atoms with Crippen molar-refractivity contribution in [2.45, 2.75) is 20.0 Å². The highest BCUT2D eigenvalue weighted by atomic mass is 35.5. The number of halogens is 1. The second kappa shape index (κ2) is 7.81. The SMILES string of the molecule is CC(=O)c1ccc(NC(=O)[C@H](C)OC(=O)c2ccc(Cl)cc2O)cc1.